The summed E-state index contributed by atoms with van der Waals surface area (Å²) in [6, 6.07) is 86.2. The van der Waals surface area contributed by atoms with Gasteiger partial charge in [0.25, 0.3) is 0 Å². The maximum absolute atomic E-state index is 7.13. The van der Waals surface area contributed by atoms with Gasteiger partial charge in [0.05, 0.1) is 39.1 Å². The fourth-order valence-corrected chi connectivity index (χ4v) is 10.5. The van der Waals surface area contributed by atoms with E-state index in [1.807, 2.05) is 36.4 Å². The van der Waals surface area contributed by atoms with E-state index in [2.05, 4.69) is 215 Å². The highest BCUT2D eigenvalue weighted by Gasteiger charge is 2.22. The molecule has 0 unspecified atom stereocenters. The Morgan fingerprint density at radius 2 is 0.783 bits per heavy atom. The molecular formula is C64H40N4O. The van der Waals surface area contributed by atoms with Crippen LogP contribution in [0, 0.1) is 0 Å². The van der Waals surface area contributed by atoms with Gasteiger partial charge in [0.15, 0.2) is 11.4 Å². The van der Waals surface area contributed by atoms with E-state index in [9.17, 15) is 0 Å². The monoisotopic (exact) mass is 880 g/mol. The highest BCUT2D eigenvalue weighted by Crippen LogP contribution is 2.43. The summed E-state index contributed by atoms with van der Waals surface area (Å²) in [5.41, 5.74) is 17.6. The maximum Gasteiger partial charge on any atom is 0.160 e. The Balaban J connectivity index is 0.909. The molecule has 5 nitrogen and oxygen atoms in total. The molecule has 0 radical (unpaired) electrons. The van der Waals surface area contributed by atoms with E-state index in [1.54, 1.807) is 0 Å². The predicted molar refractivity (Wildman–Crippen MR) is 285 cm³/mol. The van der Waals surface area contributed by atoms with E-state index in [4.69, 9.17) is 14.4 Å². The molecule has 0 spiro atoms. The SMILES string of the molecule is c1ccc(-c2cccc(-n3c4ccccc4c4cc(-c5ccc6c(c5)c5ccccc5n6-c5cccc6c5oc5c(-c7cc(-c8ccccc8)nc(-c8ccccc8)n7)cccc56)ccc43)c2)cc1. The Morgan fingerprint density at radius 3 is 1.48 bits per heavy atom. The van der Waals surface area contributed by atoms with Gasteiger partial charge >= 0.3 is 0 Å². The number of rotatable bonds is 7. The number of para-hydroxylation sites is 4. The second-order valence-corrected chi connectivity index (χ2v) is 17.7. The molecule has 14 aromatic rings. The third kappa shape index (κ3) is 6.32. The lowest BCUT2D eigenvalue weighted by Gasteiger charge is -2.11. The van der Waals surface area contributed by atoms with Crippen molar-refractivity contribution in [1.29, 1.82) is 0 Å². The molecule has 322 valence electrons. The lowest BCUT2D eigenvalue weighted by molar-refractivity contribution is 0.667. The van der Waals surface area contributed by atoms with E-state index in [0.717, 1.165) is 78.0 Å². The Labute approximate surface area is 397 Å². The minimum absolute atomic E-state index is 0.668. The quantitative estimate of drug-likeness (QED) is 0.160. The second kappa shape index (κ2) is 15.7. The topological polar surface area (TPSA) is 48.8 Å². The summed E-state index contributed by atoms with van der Waals surface area (Å²) in [6.07, 6.45) is 0. The van der Waals surface area contributed by atoms with Crippen LogP contribution in [0.3, 0.4) is 0 Å². The number of hydrogen-bond donors (Lipinski definition) is 0. The van der Waals surface area contributed by atoms with Crippen LogP contribution in [-0.4, -0.2) is 19.1 Å². The average molecular weight is 881 g/mol. The highest BCUT2D eigenvalue weighted by molar-refractivity contribution is 6.15. The first-order valence-corrected chi connectivity index (χ1v) is 23.4. The first kappa shape index (κ1) is 38.9. The lowest BCUT2D eigenvalue weighted by atomic mass is 10.0. The molecular weight excluding hydrogens is 841 g/mol. The van der Waals surface area contributed by atoms with Crippen molar-refractivity contribution in [3.05, 3.63) is 243 Å². The fourth-order valence-electron chi connectivity index (χ4n) is 10.5. The summed E-state index contributed by atoms with van der Waals surface area (Å²) in [5.74, 6) is 0.668. The normalized spacial score (nSPS) is 11.8. The molecule has 0 saturated heterocycles. The van der Waals surface area contributed by atoms with Crippen molar-refractivity contribution < 1.29 is 4.42 Å². The van der Waals surface area contributed by atoms with E-state index in [0.29, 0.717) is 5.82 Å². The molecule has 0 fully saturated rings. The summed E-state index contributed by atoms with van der Waals surface area (Å²) in [4.78, 5) is 10.2. The maximum atomic E-state index is 7.13. The van der Waals surface area contributed by atoms with Crippen LogP contribution in [0.5, 0.6) is 0 Å². The number of aromatic nitrogens is 4. The van der Waals surface area contributed by atoms with Crippen molar-refractivity contribution in [3.63, 3.8) is 0 Å². The third-order valence-electron chi connectivity index (χ3n) is 13.7. The molecule has 69 heavy (non-hydrogen) atoms. The van der Waals surface area contributed by atoms with E-state index < -0.39 is 0 Å². The van der Waals surface area contributed by atoms with Gasteiger partial charge in [-0.15, -0.1) is 0 Å². The predicted octanol–water partition coefficient (Wildman–Crippen LogP) is 16.9. The molecule has 0 amide bonds. The molecule has 0 N–H and O–H groups in total. The smallest absolute Gasteiger partial charge is 0.160 e. The number of nitrogens with zero attached hydrogens (tertiary/aromatic N) is 4. The Hall–Kier alpha value is -9.32. The van der Waals surface area contributed by atoms with Gasteiger partial charge in [-0.25, -0.2) is 9.97 Å². The molecule has 5 heteroatoms. The zero-order valence-corrected chi connectivity index (χ0v) is 37.3. The van der Waals surface area contributed by atoms with Crippen molar-refractivity contribution in [2.45, 2.75) is 0 Å². The van der Waals surface area contributed by atoms with Crippen molar-refractivity contribution in [3.8, 4) is 67.5 Å². The first-order chi connectivity index (χ1) is 34.2. The Morgan fingerprint density at radius 1 is 0.290 bits per heavy atom. The third-order valence-corrected chi connectivity index (χ3v) is 13.7. The van der Waals surface area contributed by atoms with E-state index in [1.165, 1.54) is 49.3 Å². The summed E-state index contributed by atoms with van der Waals surface area (Å²) in [7, 11) is 0. The van der Waals surface area contributed by atoms with Crippen molar-refractivity contribution >= 4 is 65.6 Å². The van der Waals surface area contributed by atoms with Crippen molar-refractivity contribution in [1.82, 2.24) is 19.1 Å². The Bertz CT molecular complexity index is 4240. The molecule has 0 bridgehead atoms. The van der Waals surface area contributed by atoms with Crippen LogP contribution in [0.4, 0.5) is 0 Å². The van der Waals surface area contributed by atoms with Gasteiger partial charge in [-0.3, -0.25) is 0 Å². The van der Waals surface area contributed by atoms with Gasteiger partial charge in [-0.05, 0) is 89.0 Å². The zero-order chi connectivity index (χ0) is 45.4. The number of furan rings is 1. The van der Waals surface area contributed by atoms with Crippen LogP contribution >= 0.6 is 0 Å². The van der Waals surface area contributed by atoms with Crippen LogP contribution in [0.2, 0.25) is 0 Å². The van der Waals surface area contributed by atoms with Crippen molar-refractivity contribution in [2.75, 3.05) is 0 Å². The number of fused-ring (bicyclic) bond motifs is 9. The molecule has 4 heterocycles. The number of benzene rings is 10. The summed E-state index contributed by atoms with van der Waals surface area (Å²) in [6.45, 7) is 0. The minimum Gasteiger partial charge on any atom is -0.453 e. The molecule has 0 saturated carbocycles. The van der Waals surface area contributed by atoms with Gasteiger partial charge in [0, 0.05) is 54.7 Å². The molecule has 0 aliphatic rings. The molecule has 10 aromatic carbocycles. The fraction of sp³-hybridized carbons (Fsp3) is 0. The molecule has 4 aromatic heterocycles. The number of hydrogen-bond acceptors (Lipinski definition) is 3. The van der Waals surface area contributed by atoms with Gasteiger partial charge in [-0.1, -0.05) is 176 Å². The summed E-state index contributed by atoms with van der Waals surface area (Å²) >= 11 is 0. The molecule has 0 aliphatic carbocycles. The average Bonchev–Trinajstić information content (AvgIpc) is 4.09. The largest absolute Gasteiger partial charge is 0.453 e. The van der Waals surface area contributed by atoms with E-state index >= 15 is 0 Å². The lowest BCUT2D eigenvalue weighted by Crippen LogP contribution is -1.96. The van der Waals surface area contributed by atoms with Gasteiger partial charge in [-0.2, -0.15) is 0 Å². The standard InChI is InChI=1S/C64H40N4O/c1-4-17-41(18-5-1)44-23-14-24-47(37-44)67-57-30-12-10-25-48(57)53-38-45(33-35-59(53)67)46-34-36-60-54(39-46)49-26-11-13-31-58(49)68(60)61-32-16-28-51-50-27-15-29-52(62(50)69-63(51)61)56-40-55(42-19-6-2-7-20-42)65-64(66-56)43-21-8-3-9-22-43/h1-40H. The molecule has 0 atom stereocenters. The van der Waals surface area contributed by atoms with Crippen LogP contribution in [0.25, 0.3) is 133 Å². The molecule has 14 rings (SSSR count). The molecule has 0 aliphatic heterocycles. The van der Waals surface area contributed by atoms with Crippen LogP contribution in [0.15, 0.2) is 247 Å². The van der Waals surface area contributed by atoms with Gasteiger partial charge in [0.2, 0.25) is 0 Å². The van der Waals surface area contributed by atoms with Crippen molar-refractivity contribution in [2.24, 2.45) is 0 Å². The summed E-state index contributed by atoms with van der Waals surface area (Å²) < 4.78 is 11.9. The van der Waals surface area contributed by atoms with Crippen LogP contribution < -0.4 is 0 Å². The zero-order valence-electron chi connectivity index (χ0n) is 37.3. The minimum atomic E-state index is 0.668. The second-order valence-electron chi connectivity index (χ2n) is 17.7. The van der Waals surface area contributed by atoms with Gasteiger partial charge in [0.1, 0.15) is 5.58 Å². The van der Waals surface area contributed by atoms with E-state index in [-0.39, 0.29) is 0 Å². The van der Waals surface area contributed by atoms with Crippen LogP contribution in [0.1, 0.15) is 0 Å². The summed E-state index contributed by atoms with van der Waals surface area (Å²) in [5, 5.41) is 6.90. The van der Waals surface area contributed by atoms with Crippen LogP contribution in [-0.2, 0) is 0 Å². The Kier molecular flexibility index (Phi) is 8.83. The first-order valence-electron chi connectivity index (χ1n) is 23.4. The van der Waals surface area contributed by atoms with Gasteiger partial charge < -0.3 is 13.6 Å². The highest BCUT2D eigenvalue weighted by atomic mass is 16.3.